The van der Waals surface area contributed by atoms with Crippen molar-refractivity contribution in [3.05, 3.63) is 23.9 Å². The van der Waals surface area contributed by atoms with Crippen molar-refractivity contribution in [3.63, 3.8) is 0 Å². The molecule has 186 valence electrons. The molecular formula is C29H53NO2. The highest BCUT2D eigenvalue weighted by Crippen LogP contribution is 2.15. The zero-order valence-electron chi connectivity index (χ0n) is 21.6. The molecule has 0 saturated heterocycles. The van der Waals surface area contributed by atoms with E-state index in [-0.39, 0.29) is 5.97 Å². The molecular weight excluding hydrogens is 394 g/mol. The summed E-state index contributed by atoms with van der Waals surface area (Å²) >= 11 is 0. The molecule has 3 heteroatoms. The maximum absolute atomic E-state index is 11.9. The number of rotatable bonds is 22. The van der Waals surface area contributed by atoms with E-state index in [1.54, 1.807) is 0 Å². The van der Waals surface area contributed by atoms with E-state index in [2.05, 4.69) is 6.92 Å². The van der Waals surface area contributed by atoms with Gasteiger partial charge in [0.25, 0.3) is 0 Å². The normalized spacial score (nSPS) is 13.4. The Bertz CT molecular complexity index is 497. The van der Waals surface area contributed by atoms with Crippen LogP contribution in [0.5, 0.6) is 0 Å². The standard InChI is InChI=1S/C29H53NO2/c1-3-4-5-6-7-8-9-10-11-12-13-14-15-16-17-18-19-20-21-22-27-32-29(31)28-23-25-30(2)26-24-28/h23-25H,3-22,26-27H2,1-2H3. The van der Waals surface area contributed by atoms with Crippen LogP contribution in [-0.4, -0.2) is 31.1 Å². The molecule has 0 saturated carbocycles. The van der Waals surface area contributed by atoms with Crippen molar-refractivity contribution in [1.29, 1.82) is 0 Å². The van der Waals surface area contributed by atoms with Crippen molar-refractivity contribution >= 4 is 5.97 Å². The number of unbranched alkanes of at least 4 members (excludes halogenated alkanes) is 19. The topological polar surface area (TPSA) is 29.5 Å². The van der Waals surface area contributed by atoms with Crippen LogP contribution in [0.4, 0.5) is 0 Å². The number of nitrogens with zero attached hydrogens (tertiary/aromatic N) is 1. The Kier molecular flexibility index (Phi) is 19.4. The van der Waals surface area contributed by atoms with Gasteiger partial charge in [0.15, 0.2) is 0 Å². The molecule has 1 heterocycles. The molecule has 0 spiro atoms. The highest BCUT2D eigenvalue weighted by atomic mass is 16.5. The quantitative estimate of drug-likeness (QED) is 0.123. The van der Waals surface area contributed by atoms with E-state index in [0.717, 1.165) is 13.0 Å². The highest BCUT2D eigenvalue weighted by molar-refractivity contribution is 5.91. The van der Waals surface area contributed by atoms with Crippen molar-refractivity contribution in [2.45, 2.75) is 135 Å². The summed E-state index contributed by atoms with van der Waals surface area (Å²) in [5.74, 6) is -0.174. The largest absolute Gasteiger partial charge is 0.462 e. The van der Waals surface area contributed by atoms with Crippen molar-refractivity contribution in [2.75, 3.05) is 20.2 Å². The number of hydrogen-bond donors (Lipinski definition) is 0. The number of hydrogen-bond acceptors (Lipinski definition) is 3. The molecule has 0 amide bonds. The molecule has 0 radical (unpaired) electrons. The third-order valence-electron chi connectivity index (χ3n) is 6.57. The molecule has 0 unspecified atom stereocenters. The molecule has 0 atom stereocenters. The SMILES string of the molecule is CCCCCCCCCCCCCCCCCCCCCCOC(=O)C1=CCN(C)C=C1. The van der Waals surface area contributed by atoms with Crippen LogP contribution in [-0.2, 0) is 9.53 Å². The number of ether oxygens (including phenoxy) is 1. The minimum Gasteiger partial charge on any atom is -0.462 e. The first-order chi connectivity index (χ1) is 15.7. The molecule has 0 N–H and O–H groups in total. The van der Waals surface area contributed by atoms with Crippen LogP contribution < -0.4 is 0 Å². The lowest BCUT2D eigenvalue weighted by atomic mass is 10.0. The second-order valence-corrected chi connectivity index (χ2v) is 9.77. The molecule has 0 aromatic carbocycles. The van der Waals surface area contributed by atoms with Crippen LogP contribution in [0.15, 0.2) is 23.9 Å². The fourth-order valence-corrected chi connectivity index (χ4v) is 4.34. The first kappa shape index (κ1) is 28.8. The van der Waals surface area contributed by atoms with Crippen molar-refractivity contribution in [1.82, 2.24) is 4.90 Å². The fourth-order valence-electron chi connectivity index (χ4n) is 4.34. The molecule has 3 nitrogen and oxygen atoms in total. The van der Waals surface area contributed by atoms with Gasteiger partial charge in [-0.3, -0.25) is 0 Å². The van der Waals surface area contributed by atoms with Crippen LogP contribution in [0.3, 0.4) is 0 Å². The highest BCUT2D eigenvalue weighted by Gasteiger charge is 2.10. The molecule has 1 aliphatic rings. The first-order valence-electron chi connectivity index (χ1n) is 14.0. The van der Waals surface area contributed by atoms with Crippen molar-refractivity contribution in [2.24, 2.45) is 0 Å². The summed E-state index contributed by atoms with van der Waals surface area (Å²) < 4.78 is 5.38. The lowest BCUT2D eigenvalue weighted by Crippen LogP contribution is -2.17. The van der Waals surface area contributed by atoms with E-state index in [9.17, 15) is 4.79 Å². The van der Waals surface area contributed by atoms with Crippen LogP contribution in [0.2, 0.25) is 0 Å². The summed E-state index contributed by atoms with van der Waals surface area (Å²) in [6.45, 7) is 3.62. The summed E-state index contributed by atoms with van der Waals surface area (Å²) in [5, 5.41) is 0. The predicted molar refractivity (Wildman–Crippen MR) is 139 cm³/mol. The fraction of sp³-hybridized carbons (Fsp3) is 0.828. The van der Waals surface area contributed by atoms with Gasteiger partial charge >= 0.3 is 5.97 Å². The number of carbonyl (C=O) groups excluding carboxylic acids is 1. The summed E-state index contributed by atoms with van der Waals surface area (Å²) in [6, 6.07) is 0. The van der Waals surface area contributed by atoms with Gasteiger partial charge in [0.2, 0.25) is 0 Å². The minimum absolute atomic E-state index is 0.174. The van der Waals surface area contributed by atoms with E-state index in [1.165, 1.54) is 122 Å². The number of esters is 1. The third-order valence-corrected chi connectivity index (χ3v) is 6.57. The third kappa shape index (κ3) is 17.3. The zero-order chi connectivity index (χ0) is 23.1. The van der Waals surface area contributed by atoms with Gasteiger partial charge in [0, 0.05) is 13.6 Å². The second-order valence-electron chi connectivity index (χ2n) is 9.77. The van der Waals surface area contributed by atoms with Gasteiger partial charge < -0.3 is 9.64 Å². The molecule has 0 aromatic heterocycles. The molecule has 0 bridgehead atoms. The van der Waals surface area contributed by atoms with Gasteiger partial charge in [-0.25, -0.2) is 4.79 Å². The predicted octanol–water partition coefficient (Wildman–Crippen LogP) is 8.74. The lowest BCUT2D eigenvalue weighted by Gasteiger charge is -2.16. The summed E-state index contributed by atoms with van der Waals surface area (Å²) in [7, 11) is 1.99. The Labute approximate surface area is 200 Å². The molecule has 0 aliphatic carbocycles. The zero-order valence-corrected chi connectivity index (χ0v) is 21.6. The van der Waals surface area contributed by atoms with Crippen LogP contribution in [0.25, 0.3) is 0 Å². The van der Waals surface area contributed by atoms with E-state index in [0.29, 0.717) is 12.2 Å². The van der Waals surface area contributed by atoms with Crippen LogP contribution in [0.1, 0.15) is 135 Å². The van der Waals surface area contributed by atoms with Gasteiger partial charge in [-0.2, -0.15) is 0 Å². The van der Waals surface area contributed by atoms with Crippen molar-refractivity contribution < 1.29 is 9.53 Å². The Hall–Kier alpha value is -1.25. The molecule has 32 heavy (non-hydrogen) atoms. The average Bonchev–Trinajstić information content (AvgIpc) is 2.80. The number of carbonyl (C=O) groups is 1. The Morgan fingerprint density at radius 3 is 1.50 bits per heavy atom. The smallest absolute Gasteiger partial charge is 0.337 e. The second kappa shape index (κ2) is 21.6. The van der Waals surface area contributed by atoms with E-state index in [1.807, 2.05) is 30.3 Å². The number of likely N-dealkylation sites (N-methyl/N-ethyl adjacent to an activating group) is 1. The minimum atomic E-state index is -0.174. The van der Waals surface area contributed by atoms with Crippen LogP contribution >= 0.6 is 0 Å². The van der Waals surface area contributed by atoms with E-state index >= 15 is 0 Å². The van der Waals surface area contributed by atoms with Gasteiger partial charge in [-0.05, 0) is 18.7 Å². The molecule has 0 fully saturated rings. The van der Waals surface area contributed by atoms with Gasteiger partial charge in [-0.1, -0.05) is 135 Å². The van der Waals surface area contributed by atoms with Gasteiger partial charge in [0.1, 0.15) is 0 Å². The van der Waals surface area contributed by atoms with Gasteiger partial charge in [0.05, 0.1) is 12.2 Å². The van der Waals surface area contributed by atoms with E-state index in [4.69, 9.17) is 4.74 Å². The Morgan fingerprint density at radius 2 is 1.12 bits per heavy atom. The lowest BCUT2D eigenvalue weighted by molar-refractivity contribution is -0.138. The molecule has 0 aromatic rings. The molecule has 1 rings (SSSR count). The monoisotopic (exact) mass is 447 g/mol. The Balaban J connectivity index is 1.72. The van der Waals surface area contributed by atoms with E-state index < -0.39 is 0 Å². The van der Waals surface area contributed by atoms with Crippen LogP contribution in [0, 0.1) is 0 Å². The molecule has 1 aliphatic heterocycles. The maximum atomic E-state index is 11.9. The summed E-state index contributed by atoms with van der Waals surface area (Å²) in [4.78, 5) is 14.0. The average molecular weight is 448 g/mol. The Morgan fingerprint density at radius 1 is 0.719 bits per heavy atom. The summed E-state index contributed by atoms with van der Waals surface area (Å²) in [5.41, 5.74) is 0.691. The maximum Gasteiger partial charge on any atom is 0.337 e. The van der Waals surface area contributed by atoms with Crippen molar-refractivity contribution in [3.8, 4) is 0 Å². The first-order valence-corrected chi connectivity index (χ1v) is 14.0. The van der Waals surface area contributed by atoms with Gasteiger partial charge in [-0.15, -0.1) is 0 Å². The summed E-state index contributed by atoms with van der Waals surface area (Å²) in [6.07, 6.45) is 33.3.